The minimum absolute atomic E-state index is 0.295. The highest BCUT2D eigenvalue weighted by molar-refractivity contribution is 7.22. The fourth-order valence-corrected chi connectivity index (χ4v) is 3.14. The van der Waals surface area contributed by atoms with Crippen molar-refractivity contribution in [1.82, 2.24) is 9.97 Å². The second-order valence-corrected chi connectivity index (χ2v) is 5.16. The molecule has 3 rings (SSSR count). The zero-order chi connectivity index (χ0) is 12.7. The van der Waals surface area contributed by atoms with Crippen LogP contribution in [0.4, 0.5) is 11.6 Å². The molecule has 0 fully saturated rings. The van der Waals surface area contributed by atoms with Crippen LogP contribution < -0.4 is 11.5 Å². The molecule has 18 heavy (non-hydrogen) atoms. The van der Waals surface area contributed by atoms with Crippen LogP contribution in [0.3, 0.4) is 0 Å². The number of hydrogen-bond donors (Lipinski definition) is 2. The molecule has 90 valence electrons. The molecule has 1 aromatic carbocycles. The molecule has 0 saturated heterocycles. The lowest BCUT2D eigenvalue weighted by Crippen LogP contribution is -1.94. The molecule has 4 nitrogen and oxygen atoms in total. The molecule has 0 atom stereocenters. The Morgan fingerprint density at radius 2 is 2.00 bits per heavy atom. The molecular weight excluding hydrogens is 244 g/mol. The minimum Gasteiger partial charge on any atom is -0.399 e. The first-order chi connectivity index (χ1) is 8.65. The Labute approximate surface area is 108 Å². The number of thiophene rings is 1. The van der Waals surface area contributed by atoms with Crippen molar-refractivity contribution in [3.8, 4) is 10.6 Å². The van der Waals surface area contributed by atoms with E-state index in [0.29, 0.717) is 5.95 Å². The lowest BCUT2D eigenvalue weighted by Gasteiger charge is -1.99. The van der Waals surface area contributed by atoms with Gasteiger partial charge in [-0.2, -0.15) is 0 Å². The summed E-state index contributed by atoms with van der Waals surface area (Å²) in [5.74, 6) is 0.295. The summed E-state index contributed by atoms with van der Waals surface area (Å²) in [5, 5.41) is 1.17. The van der Waals surface area contributed by atoms with Crippen molar-refractivity contribution in [3.63, 3.8) is 0 Å². The SMILES string of the molecule is Cc1c(-c2ccnc(N)n2)sc2ccc(N)cc12. The molecule has 0 aliphatic carbocycles. The Hall–Kier alpha value is -2.14. The maximum Gasteiger partial charge on any atom is 0.220 e. The van der Waals surface area contributed by atoms with E-state index in [1.54, 1.807) is 17.5 Å². The highest BCUT2D eigenvalue weighted by atomic mass is 32.1. The van der Waals surface area contributed by atoms with E-state index in [2.05, 4.69) is 16.9 Å². The molecule has 0 aliphatic heterocycles. The van der Waals surface area contributed by atoms with Crippen LogP contribution in [-0.4, -0.2) is 9.97 Å². The normalized spacial score (nSPS) is 10.9. The summed E-state index contributed by atoms with van der Waals surface area (Å²) < 4.78 is 1.20. The fraction of sp³-hybridized carbons (Fsp3) is 0.0769. The molecule has 0 saturated carbocycles. The molecule has 0 radical (unpaired) electrons. The Morgan fingerprint density at radius 3 is 2.78 bits per heavy atom. The maximum atomic E-state index is 5.82. The third-order valence-corrected chi connectivity index (χ3v) is 4.16. The molecule has 3 aromatic rings. The van der Waals surface area contributed by atoms with Gasteiger partial charge >= 0.3 is 0 Å². The number of anilines is 2. The van der Waals surface area contributed by atoms with Gasteiger partial charge in [0.15, 0.2) is 0 Å². The monoisotopic (exact) mass is 256 g/mol. The van der Waals surface area contributed by atoms with Crippen molar-refractivity contribution in [1.29, 1.82) is 0 Å². The molecule has 0 spiro atoms. The predicted octanol–water partition coefficient (Wildman–Crippen LogP) is 2.83. The minimum atomic E-state index is 0.295. The average Bonchev–Trinajstić information content (AvgIpc) is 2.67. The summed E-state index contributed by atoms with van der Waals surface area (Å²) in [6, 6.07) is 7.82. The largest absolute Gasteiger partial charge is 0.399 e. The molecule has 2 aromatic heterocycles. The fourth-order valence-electron chi connectivity index (χ4n) is 1.98. The Bertz CT molecular complexity index is 733. The zero-order valence-electron chi connectivity index (χ0n) is 9.84. The summed E-state index contributed by atoms with van der Waals surface area (Å²) >= 11 is 1.69. The van der Waals surface area contributed by atoms with E-state index in [-0.39, 0.29) is 0 Å². The zero-order valence-corrected chi connectivity index (χ0v) is 10.7. The highest BCUT2D eigenvalue weighted by Crippen LogP contribution is 2.37. The van der Waals surface area contributed by atoms with Gasteiger partial charge in [-0.15, -0.1) is 11.3 Å². The van der Waals surface area contributed by atoms with Crippen molar-refractivity contribution >= 4 is 33.1 Å². The van der Waals surface area contributed by atoms with Crippen molar-refractivity contribution in [2.75, 3.05) is 11.5 Å². The molecule has 5 heteroatoms. The quantitative estimate of drug-likeness (QED) is 0.656. The van der Waals surface area contributed by atoms with Crippen LogP contribution in [0.5, 0.6) is 0 Å². The van der Waals surface area contributed by atoms with E-state index in [0.717, 1.165) is 16.3 Å². The Balaban J connectivity index is 2.27. The van der Waals surface area contributed by atoms with E-state index in [1.165, 1.54) is 15.6 Å². The number of benzene rings is 1. The van der Waals surface area contributed by atoms with Gasteiger partial charge in [-0.05, 0) is 42.1 Å². The molecule has 2 heterocycles. The lowest BCUT2D eigenvalue weighted by molar-refractivity contribution is 1.19. The van der Waals surface area contributed by atoms with Crippen LogP contribution in [0.1, 0.15) is 5.56 Å². The number of aryl methyl sites for hydroxylation is 1. The maximum absolute atomic E-state index is 5.82. The van der Waals surface area contributed by atoms with Gasteiger partial charge in [0.2, 0.25) is 5.95 Å². The van der Waals surface area contributed by atoms with E-state index in [1.807, 2.05) is 24.3 Å². The third-order valence-electron chi connectivity index (χ3n) is 2.87. The van der Waals surface area contributed by atoms with Gasteiger partial charge < -0.3 is 11.5 Å². The van der Waals surface area contributed by atoms with Crippen LogP contribution in [0, 0.1) is 6.92 Å². The van der Waals surface area contributed by atoms with Gasteiger partial charge in [-0.3, -0.25) is 0 Å². The van der Waals surface area contributed by atoms with Gasteiger partial charge in [0.1, 0.15) is 0 Å². The van der Waals surface area contributed by atoms with Crippen LogP contribution in [0.25, 0.3) is 20.7 Å². The summed E-state index contributed by atoms with van der Waals surface area (Å²) in [5.41, 5.74) is 14.3. The standard InChI is InChI=1S/C13H12N4S/c1-7-9-6-8(14)2-3-11(9)18-12(7)10-4-5-16-13(15)17-10/h2-6H,14H2,1H3,(H2,15,16,17). The van der Waals surface area contributed by atoms with Crippen molar-refractivity contribution in [2.45, 2.75) is 6.92 Å². The van der Waals surface area contributed by atoms with Crippen LogP contribution in [-0.2, 0) is 0 Å². The topological polar surface area (TPSA) is 77.8 Å². The van der Waals surface area contributed by atoms with Crippen molar-refractivity contribution in [3.05, 3.63) is 36.0 Å². The smallest absolute Gasteiger partial charge is 0.220 e. The van der Waals surface area contributed by atoms with Gasteiger partial charge in [-0.25, -0.2) is 9.97 Å². The van der Waals surface area contributed by atoms with E-state index < -0.39 is 0 Å². The average molecular weight is 256 g/mol. The molecule has 4 N–H and O–H groups in total. The Morgan fingerprint density at radius 1 is 1.17 bits per heavy atom. The molecule has 0 aliphatic rings. The van der Waals surface area contributed by atoms with E-state index in [4.69, 9.17) is 11.5 Å². The molecule has 0 amide bonds. The van der Waals surface area contributed by atoms with Crippen LogP contribution in [0.15, 0.2) is 30.5 Å². The molecular formula is C13H12N4S. The van der Waals surface area contributed by atoms with Gasteiger partial charge in [0.25, 0.3) is 0 Å². The molecule has 0 unspecified atom stereocenters. The second kappa shape index (κ2) is 3.96. The number of hydrogen-bond acceptors (Lipinski definition) is 5. The van der Waals surface area contributed by atoms with Crippen LogP contribution >= 0.6 is 11.3 Å². The number of fused-ring (bicyclic) bond motifs is 1. The number of nitrogens with zero attached hydrogens (tertiary/aromatic N) is 2. The first-order valence-electron chi connectivity index (χ1n) is 5.52. The van der Waals surface area contributed by atoms with Crippen molar-refractivity contribution < 1.29 is 0 Å². The number of nitrogen functional groups attached to an aromatic ring is 2. The lowest BCUT2D eigenvalue weighted by atomic mass is 10.1. The third kappa shape index (κ3) is 1.69. The second-order valence-electron chi connectivity index (χ2n) is 4.11. The van der Waals surface area contributed by atoms with Crippen LogP contribution in [0.2, 0.25) is 0 Å². The van der Waals surface area contributed by atoms with Gasteiger partial charge in [0.05, 0.1) is 10.6 Å². The summed E-state index contributed by atoms with van der Waals surface area (Å²) in [4.78, 5) is 9.30. The number of nitrogens with two attached hydrogens (primary N) is 2. The molecule has 0 bridgehead atoms. The van der Waals surface area contributed by atoms with E-state index in [9.17, 15) is 0 Å². The predicted molar refractivity (Wildman–Crippen MR) is 76.4 cm³/mol. The first kappa shape index (κ1) is 11.0. The Kier molecular flexibility index (Phi) is 2.41. The number of rotatable bonds is 1. The summed E-state index contributed by atoms with van der Waals surface area (Å²) in [7, 11) is 0. The first-order valence-corrected chi connectivity index (χ1v) is 6.34. The van der Waals surface area contributed by atoms with Crippen molar-refractivity contribution in [2.24, 2.45) is 0 Å². The van der Waals surface area contributed by atoms with E-state index >= 15 is 0 Å². The summed E-state index contributed by atoms with van der Waals surface area (Å²) in [6.07, 6.45) is 1.68. The summed E-state index contributed by atoms with van der Waals surface area (Å²) in [6.45, 7) is 2.08. The van der Waals surface area contributed by atoms with Gasteiger partial charge in [0, 0.05) is 16.6 Å². The number of aromatic nitrogens is 2. The van der Waals surface area contributed by atoms with Gasteiger partial charge in [-0.1, -0.05) is 0 Å². The highest BCUT2D eigenvalue weighted by Gasteiger charge is 2.11.